The molecule has 53 heavy (non-hydrogen) atoms. The highest BCUT2D eigenvalue weighted by Crippen LogP contribution is 2.23. The molecule has 22 heteroatoms. The number of ether oxygens (including phenoxy) is 1. The number of rotatable bonds is 13. The van der Waals surface area contributed by atoms with E-state index < -0.39 is 66.6 Å². The lowest BCUT2D eigenvalue weighted by atomic mass is 10.0. The number of nitrogen functional groups attached to an aromatic ring is 1. The topological polar surface area (TPSA) is 258 Å². The van der Waals surface area contributed by atoms with Crippen LogP contribution < -0.4 is 15.8 Å². The number of nitrogens with one attached hydrogen (secondary N) is 2. The zero-order chi connectivity index (χ0) is 40.7. The standard InChI is InChI=1S/C27H28N4O7S.2C2HF3O2/c1-31(15-19-11-12-22(39-19)27(37)38-18-9-7-17(8-10-18)24(28)29)21(13-16-5-3-2-4-6-16)25(34)30-20(26(35)36)14-23(32)33;2*3-2(4,5)1(6)7/h2-12,20-21H,13-15H2,1H3,(H3,28,29)(H,30,34)(H,32,33)(H,35,36);2*(H,6,7)/t20-,21?;;/m0../s1. The third-order valence-electron chi connectivity index (χ3n) is 6.23. The summed E-state index contributed by atoms with van der Waals surface area (Å²) in [6.07, 6.45) is -10.7. The molecule has 0 saturated carbocycles. The quantitative estimate of drug-likeness (QED) is 0.0431. The molecule has 2 atom stereocenters. The van der Waals surface area contributed by atoms with Crippen molar-refractivity contribution in [2.45, 2.75) is 43.8 Å². The first-order valence-corrected chi connectivity index (χ1v) is 15.1. The van der Waals surface area contributed by atoms with Gasteiger partial charge in [-0.2, -0.15) is 26.3 Å². The highest BCUT2D eigenvalue weighted by atomic mass is 32.1. The summed E-state index contributed by atoms with van der Waals surface area (Å²) >= 11 is 1.19. The van der Waals surface area contributed by atoms with Crippen LogP contribution in [0.2, 0.25) is 0 Å². The fourth-order valence-electron chi connectivity index (χ4n) is 3.72. The predicted molar refractivity (Wildman–Crippen MR) is 171 cm³/mol. The molecule has 0 fully saturated rings. The van der Waals surface area contributed by atoms with Crippen molar-refractivity contribution in [3.05, 3.63) is 87.6 Å². The van der Waals surface area contributed by atoms with Crippen LogP contribution in [0, 0.1) is 5.41 Å². The third-order valence-corrected chi connectivity index (χ3v) is 7.28. The molecule has 0 saturated heterocycles. The summed E-state index contributed by atoms with van der Waals surface area (Å²) in [7, 11) is 1.69. The number of carbonyl (C=O) groups is 6. The van der Waals surface area contributed by atoms with Crippen molar-refractivity contribution in [1.29, 1.82) is 5.41 Å². The van der Waals surface area contributed by atoms with E-state index in [-0.39, 0.29) is 18.8 Å². The number of amidine groups is 1. The summed E-state index contributed by atoms with van der Waals surface area (Å²) in [4.78, 5) is 69.0. The Morgan fingerprint density at radius 3 is 1.79 bits per heavy atom. The van der Waals surface area contributed by atoms with Crippen LogP contribution in [0.15, 0.2) is 66.7 Å². The van der Waals surface area contributed by atoms with Gasteiger partial charge in [0.15, 0.2) is 0 Å². The zero-order valence-electron chi connectivity index (χ0n) is 27.0. The Balaban J connectivity index is 0.000000845. The molecule has 288 valence electrons. The number of likely N-dealkylation sites (N-methyl/N-ethyl adjacent to an activating group) is 1. The maximum atomic E-state index is 13.2. The van der Waals surface area contributed by atoms with E-state index >= 15 is 0 Å². The zero-order valence-corrected chi connectivity index (χ0v) is 27.8. The smallest absolute Gasteiger partial charge is 0.481 e. The molecule has 1 aromatic heterocycles. The number of alkyl halides is 6. The first-order chi connectivity index (χ1) is 24.4. The number of esters is 1. The lowest BCUT2D eigenvalue weighted by molar-refractivity contribution is -0.193. The van der Waals surface area contributed by atoms with Gasteiger partial charge in [0.1, 0.15) is 22.5 Å². The molecule has 8 N–H and O–H groups in total. The number of nitrogens with two attached hydrogens (primary N) is 1. The number of benzene rings is 2. The van der Waals surface area contributed by atoms with Crippen LogP contribution >= 0.6 is 11.3 Å². The third kappa shape index (κ3) is 16.7. The molecule has 1 unspecified atom stereocenters. The van der Waals surface area contributed by atoms with E-state index in [9.17, 15) is 50.6 Å². The average Bonchev–Trinajstić information content (AvgIpc) is 3.52. The van der Waals surface area contributed by atoms with E-state index in [1.807, 2.05) is 30.3 Å². The van der Waals surface area contributed by atoms with Gasteiger partial charge in [-0.05, 0) is 55.4 Å². The monoisotopic (exact) mass is 780 g/mol. The van der Waals surface area contributed by atoms with Gasteiger partial charge in [0.2, 0.25) is 5.91 Å². The van der Waals surface area contributed by atoms with E-state index in [1.54, 1.807) is 48.3 Å². The molecule has 1 heterocycles. The van der Waals surface area contributed by atoms with Gasteiger partial charge in [0, 0.05) is 17.0 Å². The number of hydrogen-bond acceptors (Lipinski definition) is 10. The number of carbonyl (C=O) groups excluding carboxylic acids is 2. The Morgan fingerprint density at radius 1 is 0.849 bits per heavy atom. The van der Waals surface area contributed by atoms with Gasteiger partial charge in [0.05, 0.1) is 12.5 Å². The lowest BCUT2D eigenvalue weighted by Gasteiger charge is -2.28. The number of amides is 1. The molecule has 0 bridgehead atoms. The van der Waals surface area contributed by atoms with Gasteiger partial charge in [-0.3, -0.25) is 19.9 Å². The van der Waals surface area contributed by atoms with E-state index in [0.29, 0.717) is 16.2 Å². The van der Waals surface area contributed by atoms with Crippen LogP contribution in [0.4, 0.5) is 26.3 Å². The molecule has 2 aromatic carbocycles. The van der Waals surface area contributed by atoms with Gasteiger partial charge in [-0.25, -0.2) is 19.2 Å². The first kappa shape index (κ1) is 45.0. The maximum Gasteiger partial charge on any atom is 0.490 e. The molecule has 1 amide bonds. The fraction of sp³-hybridized carbons (Fsp3) is 0.258. The molecule has 0 radical (unpaired) electrons. The van der Waals surface area contributed by atoms with Crippen molar-refractivity contribution in [1.82, 2.24) is 10.2 Å². The van der Waals surface area contributed by atoms with Gasteiger partial charge in [-0.1, -0.05) is 30.3 Å². The second-order valence-corrected chi connectivity index (χ2v) is 11.5. The molecule has 15 nitrogen and oxygen atoms in total. The minimum absolute atomic E-state index is 0.0977. The number of thiophene rings is 1. The van der Waals surface area contributed by atoms with Gasteiger partial charge in [-0.15, -0.1) is 11.3 Å². The highest BCUT2D eigenvalue weighted by molar-refractivity contribution is 7.13. The largest absolute Gasteiger partial charge is 0.490 e. The molecule has 3 rings (SSSR count). The van der Waals surface area contributed by atoms with Crippen molar-refractivity contribution in [3.63, 3.8) is 0 Å². The van der Waals surface area contributed by atoms with Crippen LogP contribution in [-0.4, -0.2) is 98.4 Å². The maximum absolute atomic E-state index is 13.2. The molecule has 3 aromatic rings. The van der Waals surface area contributed by atoms with Crippen LogP contribution in [0.1, 0.15) is 32.1 Å². The van der Waals surface area contributed by atoms with E-state index in [1.165, 1.54) is 11.3 Å². The second kappa shape index (κ2) is 20.1. The minimum atomic E-state index is -5.08. The summed E-state index contributed by atoms with van der Waals surface area (Å²) in [5, 5.41) is 42.4. The summed E-state index contributed by atoms with van der Waals surface area (Å²) in [6, 6.07) is 16.3. The number of nitrogens with zero attached hydrogens (tertiary/aromatic N) is 1. The number of carboxylic acids is 4. The van der Waals surface area contributed by atoms with Crippen molar-refractivity contribution < 1.29 is 80.3 Å². The van der Waals surface area contributed by atoms with Gasteiger partial charge >= 0.3 is 42.2 Å². The molecule has 0 aliphatic rings. The Bertz CT molecular complexity index is 1730. The Labute approximate surface area is 298 Å². The second-order valence-electron chi connectivity index (χ2n) is 10.3. The highest BCUT2D eigenvalue weighted by Gasteiger charge is 2.39. The van der Waals surface area contributed by atoms with Crippen molar-refractivity contribution in [2.24, 2.45) is 5.73 Å². The first-order valence-electron chi connectivity index (χ1n) is 14.3. The Kier molecular flexibility index (Phi) is 17.1. The number of aliphatic carboxylic acids is 4. The van der Waals surface area contributed by atoms with Crippen LogP contribution in [0.5, 0.6) is 5.75 Å². The van der Waals surface area contributed by atoms with Gasteiger partial charge < -0.3 is 36.2 Å². The Morgan fingerprint density at radius 2 is 1.36 bits per heavy atom. The number of halogens is 6. The normalized spacial score (nSPS) is 12.1. The molecular weight excluding hydrogens is 750 g/mol. The molecule has 0 spiro atoms. The summed E-state index contributed by atoms with van der Waals surface area (Å²) in [6.45, 7) is 0.257. The van der Waals surface area contributed by atoms with Crippen molar-refractivity contribution in [3.8, 4) is 5.75 Å². The minimum Gasteiger partial charge on any atom is -0.481 e. The lowest BCUT2D eigenvalue weighted by Crippen LogP contribution is -2.51. The number of carboxylic acid groups (broad SMARTS) is 4. The van der Waals surface area contributed by atoms with E-state index in [0.717, 1.165) is 10.4 Å². The number of hydrogen-bond donors (Lipinski definition) is 7. The molecular formula is C31H30F6N4O11S. The van der Waals surface area contributed by atoms with Crippen LogP contribution in [0.25, 0.3) is 0 Å². The molecule has 0 aliphatic carbocycles. The van der Waals surface area contributed by atoms with E-state index in [2.05, 4.69) is 5.32 Å². The van der Waals surface area contributed by atoms with Gasteiger partial charge in [0.25, 0.3) is 0 Å². The summed E-state index contributed by atoms with van der Waals surface area (Å²) in [5.74, 6) is -9.29. The van der Waals surface area contributed by atoms with Crippen molar-refractivity contribution in [2.75, 3.05) is 7.05 Å². The average molecular weight is 781 g/mol. The summed E-state index contributed by atoms with van der Waals surface area (Å²) in [5.41, 5.74) is 6.77. The van der Waals surface area contributed by atoms with Crippen LogP contribution in [-0.2, 0) is 36.9 Å². The fourth-order valence-corrected chi connectivity index (χ4v) is 4.66. The summed E-state index contributed by atoms with van der Waals surface area (Å²) < 4.78 is 68.9. The predicted octanol–water partition coefficient (Wildman–Crippen LogP) is 3.61. The van der Waals surface area contributed by atoms with E-state index in [4.69, 9.17) is 40.8 Å². The SMILES string of the molecule is CN(Cc1ccc(C(=O)Oc2ccc(C(=N)N)cc2)s1)C(Cc1ccccc1)C(=O)N[C@@H](CC(=O)O)C(=O)O.O=C(O)C(F)(F)F.O=C(O)C(F)(F)F. The van der Waals surface area contributed by atoms with Crippen molar-refractivity contribution >= 4 is 52.9 Å². The Hall–Kier alpha value is -6.03. The van der Waals surface area contributed by atoms with Crippen LogP contribution in [0.3, 0.4) is 0 Å². The molecule has 0 aliphatic heterocycles.